The molecule has 0 bridgehead atoms. The first-order valence-electron chi connectivity index (χ1n) is 8.31. The highest BCUT2D eigenvalue weighted by atomic mass is 16.6. The van der Waals surface area contributed by atoms with Crippen molar-refractivity contribution in [3.05, 3.63) is 11.1 Å². The molecule has 2 rings (SSSR count). The van der Waals surface area contributed by atoms with Gasteiger partial charge in [-0.05, 0) is 52.9 Å². The van der Waals surface area contributed by atoms with Gasteiger partial charge >= 0.3 is 5.97 Å². The predicted octanol–water partition coefficient (Wildman–Crippen LogP) is 2.49. The van der Waals surface area contributed by atoms with Crippen molar-refractivity contribution in [3.63, 3.8) is 0 Å². The van der Waals surface area contributed by atoms with Crippen molar-refractivity contribution < 1.29 is 19.1 Å². The summed E-state index contributed by atoms with van der Waals surface area (Å²) in [6, 6.07) is 0. The van der Waals surface area contributed by atoms with Gasteiger partial charge in [0.25, 0.3) is 5.91 Å². The molecule has 1 fully saturated rings. The van der Waals surface area contributed by atoms with E-state index in [0.717, 1.165) is 38.5 Å². The topological polar surface area (TPSA) is 64.6 Å². The van der Waals surface area contributed by atoms with Crippen LogP contribution in [0, 0.1) is 0 Å². The maximum atomic E-state index is 12.5. The second-order valence-electron chi connectivity index (χ2n) is 6.47. The van der Waals surface area contributed by atoms with Crippen LogP contribution < -0.4 is 5.32 Å². The number of amides is 1. The predicted molar refractivity (Wildman–Crippen MR) is 83.3 cm³/mol. The van der Waals surface area contributed by atoms with Gasteiger partial charge in [-0.15, -0.1) is 0 Å². The Hall–Kier alpha value is -1.36. The SMILES string of the molecule is CC1=C(C(=O)NCCCOC(C)C)C2(CCCCC2)OC1=O. The van der Waals surface area contributed by atoms with E-state index in [-0.39, 0.29) is 18.0 Å². The monoisotopic (exact) mass is 309 g/mol. The lowest BCUT2D eigenvalue weighted by molar-refractivity contribution is -0.149. The normalized spacial score (nSPS) is 20.6. The van der Waals surface area contributed by atoms with Crippen LogP contribution in [0.2, 0.25) is 0 Å². The highest BCUT2D eigenvalue weighted by Crippen LogP contribution is 2.43. The van der Waals surface area contributed by atoms with Crippen molar-refractivity contribution >= 4 is 11.9 Å². The first-order valence-corrected chi connectivity index (χ1v) is 8.31. The van der Waals surface area contributed by atoms with Crippen LogP contribution in [0.25, 0.3) is 0 Å². The Morgan fingerprint density at radius 3 is 2.64 bits per heavy atom. The summed E-state index contributed by atoms with van der Waals surface area (Å²) in [6.45, 7) is 6.84. The van der Waals surface area contributed by atoms with E-state index in [4.69, 9.17) is 9.47 Å². The van der Waals surface area contributed by atoms with E-state index in [1.165, 1.54) is 0 Å². The minimum atomic E-state index is -0.669. The van der Waals surface area contributed by atoms with Crippen LogP contribution in [0.15, 0.2) is 11.1 Å². The van der Waals surface area contributed by atoms with Crippen LogP contribution in [0.1, 0.15) is 59.3 Å². The van der Waals surface area contributed by atoms with E-state index in [0.29, 0.717) is 24.3 Å². The summed E-state index contributed by atoms with van der Waals surface area (Å²) >= 11 is 0. The minimum absolute atomic E-state index is 0.158. The third-order valence-corrected chi connectivity index (χ3v) is 4.37. The van der Waals surface area contributed by atoms with E-state index in [1.54, 1.807) is 6.92 Å². The minimum Gasteiger partial charge on any atom is -0.451 e. The van der Waals surface area contributed by atoms with Crippen LogP contribution in [-0.4, -0.2) is 36.7 Å². The zero-order valence-electron chi connectivity index (χ0n) is 13.9. The summed E-state index contributed by atoms with van der Waals surface area (Å²) in [5.74, 6) is -0.495. The number of hydrogen-bond acceptors (Lipinski definition) is 4. The number of rotatable bonds is 6. The molecule has 0 unspecified atom stereocenters. The number of nitrogens with one attached hydrogen (secondary N) is 1. The van der Waals surface area contributed by atoms with Gasteiger partial charge in [0.2, 0.25) is 0 Å². The van der Waals surface area contributed by atoms with Crippen molar-refractivity contribution in [2.45, 2.75) is 71.0 Å². The molecule has 124 valence electrons. The number of carbonyl (C=O) groups excluding carboxylic acids is 2. The van der Waals surface area contributed by atoms with Crippen molar-refractivity contribution in [1.82, 2.24) is 5.32 Å². The fourth-order valence-corrected chi connectivity index (χ4v) is 3.28. The molecule has 1 saturated carbocycles. The molecule has 1 spiro atoms. The Kier molecular flexibility index (Phi) is 5.62. The summed E-state index contributed by atoms with van der Waals surface area (Å²) in [5, 5.41) is 2.91. The van der Waals surface area contributed by atoms with E-state index in [9.17, 15) is 9.59 Å². The van der Waals surface area contributed by atoms with Crippen LogP contribution in [0.3, 0.4) is 0 Å². The third kappa shape index (κ3) is 3.69. The van der Waals surface area contributed by atoms with Gasteiger partial charge < -0.3 is 14.8 Å². The average molecular weight is 309 g/mol. The van der Waals surface area contributed by atoms with Crippen molar-refractivity contribution in [2.24, 2.45) is 0 Å². The summed E-state index contributed by atoms with van der Waals surface area (Å²) in [6.07, 6.45) is 5.62. The molecule has 1 aliphatic heterocycles. The van der Waals surface area contributed by atoms with E-state index in [2.05, 4.69) is 5.32 Å². The fourth-order valence-electron chi connectivity index (χ4n) is 3.28. The fraction of sp³-hybridized carbons (Fsp3) is 0.765. The molecule has 0 radical (unpaired) electrons. The lowest BCUT2D eigenvalue weighted by Crippen LogP contribution is -2.41. The van der Waals surface area contributed by atoms with Crippen LogP contribution in [0.4, 0.5) is 0 Å². The number of ether oxygens (including phenoxy) is 2. The molecule has 5 nitrogen and oxygen atoms in total. The number of carbonyl (C=O) groups is 2. The molecular formula is C17H27NO4. The van der Waals surface area contributed by atoms with Crippen molar-refractivity contribution in [1.29, 1.82) is 0 Å². The second-order valence-corrected chi connectivity index (χ2v) is 6.47. The third-order valence-electron chi connectivity index (χ3n) is 4.37. The average Bonchev–Trinajstić information content (AvgIpc) is 2.70. The lowest BCUT2D eigenvalue weighted by atomic mass is 9.78. The van der Waals surface area contributed by atoms with Crippen LogP contribution >= 0.6 is 0 Å². The molecule has 0 saturated heterocycles. The molecule has 5 heteroatoms. The van der Waals surface area contributed by atoms with E-state index < -0.39 is 5.60 Å². The van der Waals surface area contributed by atoms with Crippen molar-refractivity contribution in [3.8, 4) is 0 Å². The number of hydrogen-bond donors (Lipinski definition) is 1. The molecule has 1 N–H and O–H groups in total. The molecule has 2 aliphatic rings. The molecule has 0 aromatic rings. The van der Waals surface area contributed by atoms with Crippen LogP contribution in [0.5, 0.6) is 0 Å². The Morgan fingerprint density at radius 1 is 1.32 bits per heavy atom. The Bertz CT molecular complexity index is 461. The van der Waals surface area contributed by atoms with Gasteiger partial charge in [0.15, 0.2) is 0 Å². The molecule has 0 atom stereocenters. The molecule has 1 amide bonds. The van der Waals surface area contributed by atoms with Gasteiger partial charge in [-0.25, -0.2) is 4.79 Å². The maximum absolute atomic E-state index is 12.5. The first kappa shape index (κ1) is 17.0. The van der Waals surface area contributed by atoms with E-state index >= 15 is 0 Å². The Morgan fingerprint density at radius 2 is 2.00 bits per heavy atom. The van der Waals surface area contributed by atoms with Gasteiger partial charge in [0.05, 0.1) is 11.7 Å². The van der Waals surface area contributed by atoms with Gasteiger partial charge in [-0.1, -0.05) is 6.42 Å². The summed E-state index contributed by atoms with van der Waals surface area (Å²) in [4.78, 5) is 24.5. The Balaban J connectivity index is 1.95. The smallest absolute Gasteiger partial charge is 0.335 e. The molecule has 0 aromatic carbocycles. The quantitative estimate of drug-likeness (QED) is 0.605. The second kappa shape index (κ2) is 7.27. The first-order chi connectivity index (χ1) is 10.5. The lowest BCUT2D eigenvalue weighted by Gasteiger charge is -2.34. The zero-order valence-corrected chi connectivity index (χ0v) is 13.9. The Labute approximate surface area is 132 Å². The largest absolute Gasteiger partial charge is 0.451 e. The molecule has 0 aromatic heterocycles. The van der Waals surface area contributed by atoms with Gasteiger partial charge in [0.1, 0.15) is 5.60 Å². The van der Waals surface area contributed by atoms with Crippen LogP contribution in [-0.2, 0) is 19.1 Å². The summed E-state index contributed by atoms with van der Waals surface area (Å²) in [5.41, 5.74) is 0.359. The highest BCUT2D eigenvalue weighted by Gasteiger charge is 2.49. The van der Waals surface area contributed by atoms with Gasteiger partial charge in [-0.3, -0.25) is 4.79 Å². The standard InChI is InChI=1S/C17H27NO4/c1-12(2)21-11-7-10-18-15(19)14-13(3)16(20)22-17(14)8-5-4-6-9-17/h12H,4-11H2,1-3H3,(H,18,19). The van der Waals surface area contributed by atoms with E-state index in [1.807, 2.05) is 13.8 Å². The summed E-state index contributed by atoms with van der Waals surface area (Å²) in [7, 11) is 0. The molecule has 1 heterocycles. The zero-order chi connectivity index (χ0) is 16.2. The molecule has 22 heavy (non-hydrogen) atoms. The number of esters is 1. The highest BCUT2D eigenvalue weighted by molar-refractivity contribution is 6.07. The van der Waals surface area contributed by atoms with Crippen molar-refractivity contribution in [2.75, 3.05) is 13.2 Å². The van der Waals surface area contributed by atoms with Gasteiger partial charge in [0, 0.05) is 18.7 Å². The maximum Gasteiger partial charge on any atom is 0.335 e. The molecule has 1 aliphatic carbocycles. The van der Waals surface area contributed by atoms with Gasteiger partial charge in [-0.2, -0.15) is 0 Å². The molecular weight excluding hydrogens is 282 g/mol. The summed E-state index contributed by atoms with van der Waals surface area (Å²) < 4.78 is 11.1.